The number of nitrogens with zero attached hydrogens (tertiary/aromatic N) is 5. The van der Waals surface area contributed by atoms with E-state index in [0.29, 0.717) is 5.82 Å². The number of nitrogen functional groups attached to an aromatic ring is 1. The Morgan fingerprint density at radius 2 is 1.91 bits per heavy atom. The highest BCUT2D eigenvalue weighted by atomic mass is 16.5. The fraction of sp³-hybridized carbons (Fsp3) is 0.467. The van der Waals surface area contributed by atoms with Crippen LogP contribution >= 0.6 is 0 Å². The lowest BCUT2D eigenvalue weighted by Crippen LogP contribution is -2.30. The molecule has 3 rings (SSSR count). The van der Waals surface area contributed by atoms with Gasteiger partial charge in [-0.1, -0.05) is 0 Å². The number of rotatable bonds is 4. The van der Waals surface area contributed by atoms with E-state index in [9.17, 15) is 4.79 Å². The van der Waals surface area contributed by atoms with E-state index in [1.807, 2.05) is 12.1 Å². The summed E-state index contributed by atoms with van der Waals surface area (Å²) >= 11 is 0. The summed E-state index contributed by atoms with van der Waals surface area (Å²) in [6, 6.07) is 3.73. The minimum Gasteiger partial charge on any atom is -0.462 e. The number of esters is 1. The Morgan fingerprint density at radius 3 is 2.57 bits per heavy atom. The second kappa shape index (κ2) is 6.64. The van der Waals surface area contributed by atoms with Crippen molar-refractivity contribution in [3.63, 3.8) is 0 Å². The fourth-order valence-corrected chi connectivity index (χ4v) is 2.60. The SMILES string of the molecule is CCOC(=O)c1cn(-c2ccc(N3CCCCC3)nn2)nc1N. The maximum Gasteiger partial charge on any atom is 0.343 e. The van der Waals surface area contributed by atoms with Crippen molar-refractivity contribution in [2.45, 2.75) is 26.2 Å². The maximum absolute atomic E-state index is 11.8. The van der Waals surface area contributed by atoms with Gasteiger partial charge in [0.05, 0.1) is 6.61 Å². The number of carbonyl (C=O) groups excluding carboxylic acids is 1. The molecule has 1 saturated heterocycles. The van der Waals surface area contributed by atoms with Crippen LogP contribution in [0.4, 0.5) is 11.6 Å². The standard InChI is InChI=1S/C15H20N6O2/c1-2-23-15(22)11-10-21(19-14(11)16)13-7-6-12(17-18-13)20-8-4-3-5-9-20/h6-7,10H,2-5,8-9H2,1H3,(H2,16,19). The van der Waals surface area contributed by atoms with E-state index in [1.165, 1.54) is 30.1 Å². The van der Waals surface area contributed by atoms with E-state index in [2.05, 4.69) is 20.2 Å². The molecule has 0 amide bonds. The lowest BCUT2D eigenvalue weighted by atomic mass is 10.1. The zero-order chi connectivity index (χ0) is 16.2. The number of aromatic nitrogens is 4. The summed E-state index contributed by atoms with van der Waals surface area (Å²) in [7, 11) is 0. The van der Waals surface area contributed by atoms with Crippen molar-refractivity contribution in [3.8, 4) is 5.82 Å². The van der Waals surface area contributed by atoms with Gasteiger partial charge in [-0.3, -0.25) is 0 Å². The van der Waals surface area contributed by atoms with Gasteiger partial charge in [-0.2, -0.15) is 0 Å². The molecule has 0 unspecified atom stereocenters. The normalized spacial score (nSPS) is 14.7. The third-order valence-electron chi connectivity index (χ3n) is 3.79. The van der Waals surface area contributed by atoms with Crippen LogP contribution in [0.3, 0.4) is 0 Å². The second-order valence-corrected chi connectivity index (χ2v) is 5.39. The van der Waals surface area contributed by atoms with Crippen molar-refractivity contribution in [2.75, 3.05) is 30.3 Å². The van der Waals surface area contributed by atoms with Gasteiger partial charge in [0.25, 0.3) is 0 Å². The molecule has 0 aliphatic carbocycles. The molecular weight excluding hydrogens is 296 g/mol. The summed E-state index contributed by atoms with van der Waals surface area (Å²) in [5, 5.41) is 12.5. The summed E-state index contributed by atoms with van der Waals surface area (Å²) in [5.74, 6) is 0.992. The number of hydrogen-bond donors (Lipinski definition) is 1. The zero-order valence-electron chi connectivity index (χ0n) is 13.1. The van der Waals surface area contributed by atoms with Crippen LogP contribution in [-0.2, 0) is 4.74 Å². The molecule has 2 aromatic heterocycles. The zero-order valence-corrected chi connectivity index (χ0v) is 13.1. The Kier molecular flexibility index (Phi) is 4.40. The molecule has 0 spiro atoms. The molecule has 8 heteroatoms. The molecule has 2 aromatic rings. The highest BCUT2D eigenvalue weighted by molar-refractivity contribution is 5.94. The number of carbonyl (C=O) groups is 1. The third kappa shape index (κ3) is 3.25. The summed E-state index contributed by atoms with van der Waals surface area (Å²) in [4.78, 5) is 14.0. The molecule has 2 N–H and O–H groups in total. The first-order chi connectivity index (χ1) is 11.2. The highest BCUT2D eigenvalue weighted by Crippen LogP contribution is 2.18. The fourth-order valence-electron chi connectivity index (χ4n) is 2.60. The molecule has 3 heterocycles. The van der Waals surface area contributed by atoms with Crippen LogP contribution in [0.15, 0.2) is 18.3 Å². The molecule has 1 fully saturated rings. The molecule has 23 heavy (non-hydrogen) atoms. The summed E-state index contributed by atoms with van der Waals surface area (Å²) in [6.45, 7) is 4.04. The molecule has 122 valence electrons. The first-order valence-corrected chi connectivity index (χ1v) is 7.80. The number of nitrogens with two attached hydrogens (primary N) is 1. The average Bonchev–Trinajstić information content (AvgIpc) is 2.98. The van der Waals surface area contributed by atoms with Crippen molar-refractivity contribution in [3.05, 3.63) is 23.9 Å². The smallest absolute Gasteiger partial charge is 0.343 e. The maximum atomic E-state index is 11.8. The number of hydrogen-bond acceptors (Lipinski definition) is 7. The molecule has 0 radical (unpaired) electrons. The molecule has 0 atom stereocenters. The molecule has 0 bridgehead atoms. The minimum absolute atomic E-state index is 0.116. The first-order valence-electron chi connectivity index (χ1n) is 7.80. The topological polar surface area (TPSA) is 99.2 Å². The lowest BCUT2D eigenvalue weighted by Gasteiger charge is -2.27. The molecule has 0 saturated carbocycles. The average molecular weight is 316 g/mol. The number of piperidine rings is 1. The Bertz CT molecular complexity index is 676. The van der Waals surface area contributed by atoms with Crippen LogP contribution in [0.1, 0.15) is 36.5 Å². The molecule has 8 nitrogen and oxygen atoms in total. The van der Waals surface area contributed by atoms with Crippen molar-refractivity contribution in [2.24, 2.45) is 0 Å². The van der Waals surface area contributed by atoms with Crippen LogP contribution < -0.4 is 10.6 Å². The number of anilines is 2. The van der Waals surface area contributed by atoms with Crippen LogP contribution in [0, 0.1) is 0 Å². The Labute approximate surface area is 134 Å². The van der Waals surface area contributed by atoms with E-state index >= 15 is 0 Å². The van der Waals surface area contributed by atoms with E-state index in [0.717, 1.165) is 18.9 Å². The predicted octanol–water partition coefficient (Wildman–Crippen LogP) is 1.41. The van der Waals surface area contributed by atoms with Gasteiger partial charge < -0.3 is 15.4 Å². The molecule has 1 aliphatic rings. The van der Waals surface area contributed by atoms with Crippen LogP contribution in [0.25, 0.3) is 5.82 Å². The van der Waals surface area contributed by atoms with Crippen LogP contribution in [-0.4, -0.2) is 45.6 Å². The van der Waals surface area contributed by atoms with E-state index in [1.54, 1.807) is 6.92 Å². The number of ether oxygens (including phenoxy) is 1. The van der Waals surface area contributed by atoms with Gasteiger partial charge in [0.1, 0.15) is 5.56 Å². The van der Waals surface area contributed by atoms with E-state index in [-0.39, 0.29) is 18.0 Å². The quantitative estimate of drug-likeness (QED) is 0.851. The van der Waals surface area contributed by atoms with Crippen molar-refractivity contribution >= 4 is 17.6 Å². The van der Waals surface area contributed by atoms with Crippen molar-refractivity contribution in [1.29, 1.82) is 0 Å². The van der Waals surface area contributed by atoms with Crippen LogP contribution in [0.5, 0.6) is 0 Å². The van der Waals surface area contributed by atoms with Crippen LogP contribution in [0.2, 0.25) is 0 Å². The molecule has 0 aromatic carbocycles. The largest absolute Gasteiger partial charge is 0.462 e. The van der Waals surface area contributed by atoms with Crippen molar-refractivity contribution < 1.29 is 9.53 Å². The van der Waals surface area contributed by atoms with Gasteiger partial charge in [0.2, 0.25) is 0 Å². The summed E-state index contributed by atoms with van der Waals surface area (Å²) in [5.41, 5.74) is 6.00. The highest BCUT2D eigenvalue weighted by Gasteiger charge is 2.17. The Morgan fingerprint density at radius 1 is 1.22 bits per heavy atom. The Balaban J connectivity index is 1.79. The van der Waals surface area contributed by atoms with Gasteiger partial charge in [-0.05, 0) is 38.3 Å². The van der Waals surface area contributed by atoms with Gasteiger partial charge in [-0.25, -0.2) is 9.48 Å². The van der Waals surface area contributed by atoms with Gasteiger partial charge in [0.15, 0.2) is 17.5 Å². The van der Waals surface area contributed by atoms with Gasteiger partial charge in [-0.15, -0.1) is 15.3 Å². The van der Waals surface area contributed by atoms with Gasteiger partial charge in [0, 0.05) is 19.3 Å². The lowest BCUT2D eigenvalue weighted by molar-refractivity contribution is 0.0527. The molecule has 1 aliphatic heterocycles. The monoisotopic (exact) mass is 316 g/mol. The first kappa shape index (κ1) is 15.3. The van der Waals surface area contributed by atoms with E-state index in [4.69, 9.17) is 10.5 Å². The third-order valence-corrected chi connectivity index (χ3v) is 3.79. The minimum atomic E-state index is -0.492. The summed E-state index contributed by atoms with van der Waals surface area (Å²) in [6.07, 6.45) is 5.15. The Hall–Kier alpha value is -2.64. The molecular formula is C15H20N6O2. The second-order valence-electron chi connectivity index (χ2n) is 5.39. The summed E-state index contributed by atoms with van der Waals surface area (Å²) < 4.78 is 6.38. The predicted molar refractivity (Wildman–Crippen MR) is 85.6 cm³/mol. The van der Waals surface area contributed by atoms with Crippen molar-refractivity contribution in [1.82, 2.24) is 20.0 Å². The van der Waals surface area contributed by atoms with Gasteiger partial charge >= 0.3 is 5.97 Å². The van der Waals surface area contributed by atoms with E-state index < -0.39 is 5.97 Å².